The van der Waals surface area contributed by atoms with Gasteiger partial charge >= 0.3 is 0 Å². The van der Waals surface area contributed by atoms with Crippen molar-refractivity contribution in [2.45, 2.75) is 37.4 Å². The van der Waals surface area contributed by atoms with E-state index < -0.39 is 10.0 Å². The number of thiophene rings is 1. The monoisotopic (exact) mass is 290 g/mol. The molecule has 5 nitrogen and oxygen atoms in total. The maximum Gasteiger partial charge on any atom is 0.254 e. The number of nitrogens with two attached hydrogens (primary N) is 1. The molecule has 0 aliphatic carbocycles. The van der Waals surface area contributed by atoms with E-state index in [1.54, 1.807) is 4.90 Å². The van der Waals surface area contributed by atoms with Gasteiger partial charge in [-0.2, -0.15) is 0 Å². The van der Waals surface area contributed by atoms with Crippen LogP contribution in [0.2, 0.25) is 0 Å². The Morgan fingerprint density at radius 2 is 2.11 bits per heavy atom. The summed E-state index contributed by atoms with van der Waals surface area (Å²) in [5, 5.41) is 6.56. The lowest BCUT2D eigenvalue weighted by Gasteiger charge is -2.26. The van der Waals surface area contributed by atoms with E-state index >= 15 is 0 Å². The molecule has 1 heterocycles. The molecule has 1 aromatic heterocycles. The summed E-state index contributed by atoms with van der Waals surface area (Å²) < 4.78 is 22.3. The molecule has 1 unspecified atom stereocenters. The van der Waals surface area contributed by atoms with Gasteiger partial charge in [-0.25, -0.2) is 13.6 Å². The van der Waals surface area contributed by atoms with Gasteiger partial charge in [0.15, 0.2) is 0 Å². The van der Waals surface area contributed by atoms with Gasteiger partial charge in [0.25, 0.3) is 5.91 Å². The Kier molecular flexibility index (Phi) is 4.89. The first-order valence-corrected chi connectivity index (χ1v) is 8.16. The Morgan fingerprint density at radius 1 is 1.50 bits per heavy atom. The van der Waals surface area contributed by atoms with Crippen molar-refractivity contribution < 1.29 is 13.2 Å². The number of amides is 1. The first kappa shape index (κ1) is 15.1. The second kappa shape index (κ2) is 5.81. The van der Waals surface area contributed by atoms with Crippen LogP contribution >= 0.6 is 11.3 Å². The number of primary sulfonamides is 1. The summed E-state index contributed by atoms with van der Waals surface area (Å²) in [6.45, 7) is 6.46. The standard InChI is InChI=1S/C11H18N2O3S2/c1-4-8(3)13(5-2)11(14)9-6-10(17-7-9)18(12,15)16/h6-8H,4-5H2,1-3H3,(H2,12,15,16). The van der Waals surface area contributed by atoms with Crippen molar-refractivity contribution in [1.82, 2.24) is 4.90 Å². The van der Waals surface area contributed by atoms with E-state index in [0.717, 1.165) is 17.8 Å². The molecule has 0 spiro atoms. The predicted molar refractivity (Wildman–Crippen MR) is 72.2 cm³/mol. The van der Waals surface area contributed by atoms with Gasteiger partial charge in [-0.05, 0) is 26.3 Å². The van der Waals surface area contributed by atoms with Crippen LogP contribution in [0.3, 0.4) is 0 Å². The summed E-state index contributed by atoms with van der Waals surface area (Å²) >= 11 is 0.972. The van der Waals surface area contributed by atoms with Gasteiger partial charge < -0.3 is 4.90 Å². The summed E-state index contributed by atoms with van der Waals surface area (Å²) in [6, 6.07) is 1.47. The maximum atomic E-state index is 12.2. The van der Waals surface area contributed by atoms with Crippen molar-refractivity contribution in [3.05, 3.63) is 17.0 Å². The van der Waals surface area contributed by atoms with Gasteiger partial charge in [0.1, 0.15) is 4.21 Å². The molecule has 0 radical (unpaired) electrons. The smallest absolute Gasteiger partial charge is 0.254 e. The van der Waals surface area contributed by atoms with Crippen LogP contribution in [-0.2, 0) is 10.0 Å². The zero-order valence-electron chi connectivity index (χ0n) is 10.7. The molecule has 2 N–H and O–H groups in total. The quantitative estimate of drug-likeness (QED) is 0.895. The summed E-state index contributed by atoms with van der Waals surface area (Å²) in [5.74, 6) is -0.155. The molecular weight excluding hydrogens is 272 g/mol. The minimum atomic E-state index is -3.73. The van der Waals surface area contributed by atoms with Crippen molar-refractivity contribution in [2.24, 2.45) is 5.14 Å². The van der Waals surface area contributed by atoms with Crippen molar-refractivity contribution in [3.63, 3.8) is 0 Å². The highest BCUT2D eigenvalue weighted by atomic mass is 32.2. The summed E-state index contributed by atoms with van der Waals surface area (Å²) in [6.07, 6.45) is 0.853. The van der Waals surface area contributed by atoms with Crippen LogP contribution in [0.4, 0.5) is 0 Å². The van der Waals surface area contributed by atoms with Gasteiger partial charge in [-0.1, -0.05) is 6.92 Å². The van der Waals surface area contributed by atoms with E-state index in [1.165, 1.54) is 11.4 Å². The number of carbonyl (C=O) groups excluding carboxylic acids is 1. The molecule has 18 heavy (non-hydrogen) atoms. The van der Waals surface area contributed by atoms with Crippen LogP contribution in [0, 0.1) is 0 Å². The zero-order valence-corrected chi connectivity index (χ0v) is 12.3. The van der Waals surface area contributed by atoms with Crippen LogP contribution in [0.5, 0.6) is 0 Å². The second-order valence-corrected chi connectivity index (χ2v) is 6.75. The fraction of sp³-hybridized carbons (Fsp3) is 0.545. The Balaban J connectivity index is 3.00. The van der Waals surface area contributed by atoms with Crippen LogP contribution in [0.15, 0.2) is 15.7 Å². The van der Waals surface area contributed by atoms with Gasteiger partial charge in [-0.15, -0.1) is 11.3 Å². The zero-order chi connectivity index (χ0) is 13.9. The molecule has 0 aromatic carbocycles. The molecule has 1 atom stereocenters. The molecule has 0 saturated heterocycles. The predicted octanol–water partition coefficient (Wildman–Crippen LogP) is 1.66. The van der Waals surface area contributed by atoms with E-state index in [9.17, 15) is 13.2 Å². The third kappa shape index (κ3) is 3.30. The highest BCUT2D eigenvalue weighted by Crippen LogP contribution is 2.21. The number of sulfonamides is 1. The second-order valence-electron chi connectivity index (χ2n) is 4.05. The van der Waals surface area contributed by atoms with E-state index in [4.69, 9.17) is 5.14 Å². The highest BCUT2D eigenvalue weighted by Gasteiger charge is 2.21. The van der Waals surface area contributed by atoms with Gasteiger partial charge in [0.05, 0.1) is 5.56 Å². The fourth-order valence-electron chi connectivity index (χ4n) is 1.62. The van der Waals surface area contributed by atoms with Crippen molar-refractivity contribution in [1.29, 1.82) is 0 Å². The summed E-state index contributed by atoms with van der Waals surface area (Å²) in [5.41, 5.74) is 0.381. The molecular formula is C11H18N2O3S2. The normalized spacial score (nSPS) is 13.3. The van der Waals surface area contributed by atoms with E-state index in [2.05, 4.69) is 0 Å². The van der Waals surface area contributed by atoms with Crippen LogP contribution in [-0.4, -0.2) is 31.8 Å². The topological polar surface area (TPSA) is 80.5 Å². The van der Waals surface area contributed by atoms with Crippen molar-refractivity contribution in [2.75, 3.05) is 6.54 Å². The van der Waals surface area contributed by atoms with E-state index in [1.807, 2.05) is 20.8 Å². The number of rotatable bonds is 5. The Labute approximate surface area is 112 Å². The molecule has 0 bridgehead atoms. The Bertz CT molecular complexity index is 522. The fourth-order valence-corrected chi connectivity index (χ4v) is 3.20. The molecule has 0 aliphatic rings. The number of hydrogen-bond donors (Lipinski definition) is 1. The molecule has 0 aliphatic heterocycles. The SMILES string of the molecule is CCC(C)N(CC)C(=O)c1csc(S(N)(=O)=O)c1. The van der Waals surface area contributed by atoms with Crippen LogP contribution < -0.4 is 5.14 Å². The summed E-state index contributed by atoms with van der Waals surface area (Å²) in [7, 11) is -3.73. The maximum absolute atomic E-state index is 12.2. The van der Waals surface area contributed by atoms with Crippen LogP contribution in [0.1, 0.15) is 37.6 Å². The molecule has 102 valence electrons. The third-order valence-corrected chi connectivity index (χ3v) is 5.21. The highest BCUT2D eigenvalue weighted by molar-refractivity contribution is 7.91. The largest absolute Gasteiger partial charge is 0.336 e. The Hall–Kier alpha value is -0.920. The molecule has 1 amide bonds. The molecule has 1 rings (SSSR count). The van der Waals surface area contributed by atoms with Crippen molar-refractivity contribution in [3.8, 4) is 0 Å². The first-order valence-electron chi connectivity index (χ1n) is 5.73. The molecule has 7 heteroatoms. The lowest BCUT2D eigenvalue weighted by molar-refractivity contribution is 0.0700. The lowest BCUT2D eigenvalue weighted by atomic mass is 10.2. The number of carbonyl (C=O) groups is 1. The summed E-state index contributed by atoms with van der Waals surface area (Å²) in [4.78, 5) is 13.9. The molecule has 0 fully saturated rings. The average molecular weight is 290 g/mol. The third-order valence-electron chi connectivity index (χ3n) is 2.83. The average Bonchev–Trinajstić information content (AvgIpc) is 2.78. The van der Waals surface area contributed by atoms with Gasteiger partial charge in [-0.3, -0.25) is 4.79 Å². The number of hydrogen-bond acceptors (Lipinski definition) is 4. The van der Waals surface area contributed by atoms with Crippen molar-refractivity contribution >= 4 is 27.3 Å². The van der Waals surface area contributed by atoms with E-state index in [-0.39, 0.29) is 16.2 Å². The number of nitrogens with zero attached hydrogens (tertiary/aromatic N) is 1. The minimum Gasteiger partial charge on any atom is -0.336 e. The lowest BCUT2D eigenvalue weighted by Crippen LogP contribution is -2.37. The van der Waals surface area contributed by atoms with Gasteiger partial charge in [0.2, 0.25) is 10.0 Å². The Morgan fingerprint density at radius 3 is 2.50 bits per heavy atom. The van der Waals surface area contributed by atoms with E-state index in [0.29, 0.717) is 12.1 Å². The van der Waals surface area contributed by atoms with Gasteiger partial charge in [0, 0.05) is 18.0 Å². The molecule has 0 saturated carbocycles. The minimum absolute atomic E-state index is 0.0195. The molecule has 1 aromatic rings. The van der Waals surface area contributed by atoms with Crippen LogP contribution in [0.25, 0.3) is 0 Å². The first-order chi connectivity index (χ1) is 8.31.